The van der Waals surface area contributed by atoms with Gasteiger partial charge in [0.15, 0.2) is 11.6 Å². The number of hydrogen-bond donors (Lipinski definition) is 1. The molecule has 2 saturated heterocycles. The van der Waals surface area contributed by atoms with Crippen molar-refractivity contribution in [3.05, 3.63) is 82.6 Å². The van der Waals surface area contributed by atoms with Crippen LogP contribution in [0.25, 0.3) is 11.0 Å². The number of aromatic carboxylic acids is 1. The van der Waals surface area contributed by atoms with E-state index in [1.165, 1.54) is 12.1 Å². The number of ether oxygens (including phenoxy) is 3. The van der Waals surface area contributed by atoms with Crippen LogP contribution in [0.4, 0.5) is 4.39 Å². The van der Waals surface area contributed by atoms with Crippen LogP contribution < -0.4 is 9.47 Å². The number of carboxylic acid groups (broad SMARTS) is 1. The van der Waals surface area contributed by atoms with E-state index in [1.54, 1.807) is 42.6 Å². The fourth-order valence-corrected chi connectivity index (χ4v) is 5.20. The van der Waals surface area contributed by atoms with Crippen LogP contribution in [0.5, 0.6) is 11.5 Å². The third kappa shape index (κ3) is 5.89. The minimum atomic E-state index is -0.960. The highest BCUT2D eigenvalue weighted by Gasteiger charge is 2.28. The Kier molecular flexibility index (Phi) is 7.55. The molecular weight excluding hydrogens is 539 g/mol. The molecular formula is C29H28ClFN4O5. The van der Waals surface area contributed by atoms with Crippen molar-refractivity contribution in [1.29, 1.82) is 0 Å². The molecule has 0 saturated carbocycles. The summed E-state index contributed by atoms with van der Waals surface area (Å²) in [6.07, 6.45) is 3.57. The van der Waals surface area contributed by atoms with Gasteiger partial charge in [-0.3, -0.25) is 9.88 Å². The molecule has 40 heavy (non-hydrogen) atoms. The van der Waals surface area contributed by atoms with Crippen LogP contribution in [0.2, 0.25) is 5.02 Å². The lowest BCUT2D eigenvalue weighted by Gasteiger charge is -2.28. The lowest BCUT2D eigenvalue weighted by Crippen LogP contribution is -2.33. The van der Waals surface area contributed by atoms with Gasteiger partial charge in [-0.2, -0.15) is 0 Å². The predicted octanol–water partition coefficient (Wildman–Crippen LogP) is 4.94. The number of pyridine rings is 1. The SMILES string of the molecule is O=C(O)c1ccc2nc(CN3CCC(Oc4ccnc(COc5ccc(Cl)cc5F)c4)C3)n(C[C@@H]3CCO3)c2c1. The molecule has 4 aromatic rings. The van der Waals surface area contributed by atoms with Gasteiger partial charge in [-0.1, -0.05) is 11.6 Å². The van der Waals surface area contributed by atoms with E-state index < -0.39 is 11.8 Å². The van der Waals surface area contributed by atoms with Crippen molar-refractivity contribution >= 4 is 28.6 Å². The molecule has 208 valence electrons. The number of halogens is 2. The van der Waals surface area contributed by atoms with Crippen LogP contribution >= 0.6 is 11.6 Å². The maximum atomic E-state index is 14.0. The quantitative estimate of drug-likeness (QED) is 0.288. The average molecular weight is 567 g/mol. The Morgan fingerprint density at radius 1 is 1.18 bits per heavy atom. The van der Waals surface area contributed by atoms with Crippen molar-refractivity contribution < 1.29 is 28.5 Å². The Morgan fingerprint density at radius 3 is 2.83 bits per heavy atom. The Balaban J connectivity index is 1.10. The largest absolute Gasteiger partial charge is 0.489 e. The van der Waals surface area contributed by atoms with Gasteiger partial charge in [0.25, 0.3) is 0 Å². The fraction of sp³-hybridized carbons (Fsp3) is 0.345. The molecule has 2 atom stereocenters. The zero-order valence-electron chi connectivity index (χ0n) is 21.6. The smallest absolute Gasteiger partial charge is 0.335 e. The number of fused-ring (bicyclic) bond motifs is 1. The molecule has 0 radical (unpaired) electrons. The monoisotopic (exact) mass is 566 g/mol. The molecule has 2 aromatic carbocycles. The van der Waals surface area contributed by atoms with E-state index in [2.05, 4.69) is 14.5 Å². The number of carbonyl (C=O) groups is 1. The third-order valence-corrected chi connectivity index (χ3v) is 7.44. The summed E-state index contributed by atoms with van der Waals surface area (Å²) in [5.74, 6) is 0.178. The zero-order valence-corrected chi connectivity index (χ0v) is 22.4. The Hall–Kier alpha value is -3.73. The number of carboxylic acids is 1. The van der Waals surface area contributed by atoms with Gasteiger partial charge in [-0.25, -0.2) is 14.2 Å². The predicted molar refractivity (Wildman–Crippen MR) is 145 cm³/mol. The Morgan fingerprint density at radius 2 is 2.05 bits per heavy atom. The summed E-state index contributed by atoms with van der Waals surface area (Å²) in [7, 11) is 0. The lowest BCUT2D eigenvalue weighted by molar-refractivity contribution is -0.0591. The first-order chi connectivity index (χ1) is 19.4. The normalized spacial score (nSPS) is 19.1. The first kappa shape index (κ1) is 26.5. The summed E-state index contributed by atoms with van der Waals surface area (Å²) in [5, 5.41) is 9.78. The first-order valence-electron chi connectivity index (χ1n) is 13.2. The topological polar surface area (TPSA) is 98.9 Å². The van der Waals surface area contributed by atoms with Gasteiger partial charge in [-0.05, 0) is 55.3 Å². The molecule has 0 aliphatic carbocycles. The highest BCUT2D eigenvalue weighted by molar-refractivity contribution is 6.30. The summed E-state index contributed by atoms with van der Waals surface area (Å²) in [4.78, 5) is 23.0. The molecule has 0 bridgehead atoms. The lowest BCUT2D eigenvalue weighted by atomic mass is 10.1. The van der Waals surface area contributed by atoms with Gasteiger partial charge in [0.2, 0.25) is 0 Å². The number of aromatic nitrogens is 3. The number of rotatable bonds is 10. The van der Waals surface area contributed by atoms with Crippen molar-refractivity contribution in [2.24, 2.45) is 0 Å². The van der Waals surface area contributed by atoms with Gasteiger partial charge in [0.05, 0.1) is 41.5 Å². The summed E-state index contributed by atoms with van der Waals surface area (Å²) in [6, 6.07) is 12.9. The number of benzene rings is 2. The maximum Gasteiger partial charge on any atom is 0.335 e. The van der Waals surface area contributed by atoms with Gasteiger partial charge in [0, 0.05) is 37.0 Å². The number of imidazole rings is 1. The van der Waals surface area contributed by atoms with Gasteiger partial charge >= 0.3 is 5.97 Å². The summed E-state index contributed by atoms with van der Waals surface area (Å²) in [5.41, 5.74) is 2.44. The second-order valence-corrected chi connectivity index (χ2v) is 10.5. The van der Waals surface area contributed by atoms with E-state index in [4.69, 9.17) is 30.8 Å². The molecule has 1 unspecified atom stereocenters. The Labute approximate surface area is 235 Å². The first-order valence-corrected chi connectivity index (χ1v) is 13.5. The molecule has 11 heteroatoms. The van der Waals surface area contributed by atoms with Crippen molar-refractivity contribution in [3.63, 3.8) is 0 Å². The van der Waals surface area contributed by atoms with Crippen LogP contribution in [0.3, 0.4) is 0 Å². The molecule has 0 spiro atoms. The standard InChI is InChI=1S/C29H28ClFN4O5/c30-19-2-4-27(24(31)12-19)39-17-20-13-21(5-8-32-20)40-23-6-9-34(14-23)16-28-33-25-3-1-18(29(36)37)11-26(25)35(28)15-22-7-10-38-22/h1-5,8,11-13,22-23H,6-7,9-10,14-17H2,(H,36,37)/t22-,23?/m0/s1. The minimum Gasteiger partial charge on any atom is -0.489 e. The minimum absolute atomic E-state index is 0.0173. The van der Waals surface area contributed by atoms with E-state index in [0.29, 0.717) is 36.1 Å². The van der Waals surface area contributed by atoms with E-state index in [9.17, 15) is 14.3 Å². The van der Waals surface area contributed by atoms with Crippen LogP contribution in [0.15, 0.2) is 54.7 Å². The maximum absolute atomic E-state index is 14.0. The molecule has 1 N–H and O–H groups in total. The highest BCUT2D eigenvalue weighted by atomic mass is 35.5. The van der Waals surface area contributed by atoms with Gasteiger partial charge < -0.3 is 23.9 Å². The van der Waals surface area contributed by atoms with E-state index >= 15 is 0 Å². The number of nitrogens with zero attached hydrogens (tertiary/aromatic N) is 4. The van der Waals surface area contributed by atoms with Crippen molar-refractivity contribution in [3.8, 4) is 11.5 Å². The molecule has 6 rings (SSSR count). The molecule has 2 aliphatic heterocycles. The van der Waals surface area contributed by atoms with Crippen molar-refractivity contribution in [1.82, 2.24) is 19.4 Å². The Bertz CT molecular complexity index is 1540. The van der Waals surface area contributed by atoms with E-state index in [-0.39, 0.29) is 30.1 Å². The zero-order chi connectivity index (χ0) is 27.6. The van der Waals surface area contributed by atoms with Crippen LogP contribution in [-0.2, 0) is 24.4 Å². The molecule has 9 nitrogen and oxygen atoms in total. The van der Waals surface area contributed by atoms with Crippen LogP contribution in [-0.4, -0.2) is 62.4 Å². The number of hydrogen-bond acceptors (Lipinski definition) is 7. The van der Waals surface area contributed by atoms with E-state index in [0.717, 1.165) is 42.9 Å². The highest BCUT2D eigenvalue weighted by Crippen LogP contribution is 2.26. The second kappa shape index (κ2) is 11.4. The molecule has 0 amide bonds. The molecule has 4 heterocycles. The molecule has 2 aliphatic rings. The summed E-state index contributed by atoms with van der Waals surface area (Å²) >= 11 is 5.80. The van der Waals surface area contributed by atoms with Gasteiger partial charge in [0.1, 0.15) is 24.3 Å². The molecule has 2 aromatic heterocycles. The number of likely N-dealkylation sites (tertiary alicyclic amines) is 1. The van der Waals surface area contributed by atoms with Crippen molar-refractivity contribution in [2.45, 2.75) is 44.7 Å². The van der Waals surface area contributed by atoms with Gasteiger partial charge in [-0.15, -0.1) is 0 Å². The fourth-order valence-electron chi connectivity index (χ4n) is 5.04. The van der Waals surface area contributed by atoms with E-state index in [1.807, 2.05) is 0 Å². The third-order valence-electron chi connectivity index (χ3n) is 7.21. The van der Waals surface area contributed by atoms with Crippen molar-refractivity contribution in [2.75, 3.05) is 19.7 Å². The summed E-state index contributed by atoms with van der Waals surface area (Å²) < 4.78 is 33.6. The van der Waals surface area contributed by atoms with Crippen LogP contribution in [0.1, 0.15) is 34.7 Å². The second-order valence-electron chi connectivity index (χ2n) is 10.0. The average Bonchev–Trinajstić information content (AvgIpc) is 3.49. The molecule has 2 fully saturated rings. The summed E-state index contributed by atoms with van der Waals surface area (Å²) in [6.45, 7) is 3.66. The van der Waals surface area contributed by atoms with Crippen LogP contribution in [0, 0.1) is 5.82 Å².